The van der Waals surface area contributed by atoms with E-state index >= 15 is 0 Å². The van der Waals surface area contributed by atoms with Crippen molar-refractivity contribution in [1.82, 2.24) is 49.8 Å². The summed E-state index contributed by atoms with van der Waals surface area (Å²) in [6.07, 6.45) is 35.7. The van der Waals surface area contributed by atoms with Gasteiger partial charge in [0, 0.05) is 124 Å². The molecule has 0 bridgehead atoms. The van der Waals surface area contributed by atoms with Gasteiger partial charge in [-0.2, -0.15) is 0 Å². The predicted molar refractivity (Wildman–Crippen MR) is 305 cm³/mol. The molecule has 0 saturated carbocycles. The number of pyridine rings is 10. The van der Waals surface area contributed by atoms with Gasteiger partial charge in [-0.05, 0) is 177 Å². The van der Waals surface area contributed by atoms with Crippen LogP contribution in [0, 0.1) is 30.6 Å². The first kappa shape index (κ1) is 88.4. The van der Waals surface area contributed by atoms with Gasteiger partial charge in [-0.25, -0.2) is 0 Å². The molecule has 0 aromatic carbocycles. The van der Waals surface area contributed by atoms with Crippen LogP contribution >= 0.6 is 15.6 Å². The molecule has 466 valence electrons. The first-order valence-corrected chi connectivity index (χ1v) is 26.0. The summed E-state index contributed by atoms with van der Waals surface area (Å²) >= 11 is 0. The van der Waals surface area contributed by atoms with Crippen molar-refractivity contribution >= 4 is 15.6 Å². The molecule has 0 radical (unpaired) electrons. The quantitative estimate of drug-likeness (QED) is 0.0386. The van der Waals surface area contributed by atoms with Crippen molar-refractivity contribution in [1.29, 1.82) is 0 Å². The van der Waals surface area contributed by atoms with Crippen molar-refractivity contribution in [2.75, 3.05) is 0 Å². The minimum atomic E-state index is -10.7. The molecule has 0 spiro atoms. The van der Waals surface area contributed by atoms with Crippen LogP contribution in [0.1, 0.15) is 0 Å². The summed E-state index contributed by atoms with van der Waals surface area (Å²) in [6.45, 7) is 0. The Morgan fingerprint density at radius 2 is 0.261 bits per heavy atom. The number of aromatic nitrogens is 10. The summed E-state index contributed by atoms with van der Waals surface area (Å²) < 4.78 is 118. The van der Waals surface area contributed by atoms with Crippen LogP contribution < -0.4 is 0 Å². The molecule has 0 atom stereocenters. The van der Waals surface area contributed by atoms with Gasteiger partial charge in [0.2, 0.25) is 0 Å². The van der Waals surface area contributed by atoms with E-state index in [1.807, 2.05) is 121 Å². The Balaban J connectivity index is -0.000000297. The summed E-state index contributed by atoms with van der Waals surface area (Å²) in [4.78, 5) is 56.1. The fourth-order valence-corrected chi connectivity index (χ4v) is 5.44. The maximum atomic E-state index is 9.87. The fourth-order valence-electron chi connectivity index (χ4n) is 5.44. The molecule has 0 aliphatic rings. The number of hydrogen-bond acceptors (Lipinski definition) is 16. The minimum absolute atomic E-state index is 0. The molecule has 88 heavy (non-hydrogen) atoms. The first-order chi connectivity index (χ1) is 38.2. The van der Waals surface area contributed by atoms with Gasteiger partial charge in [-0.15, -0.1) is 0 Å². The van der Waals surface area contributed by atoms with Crippen LogP contribution in [-0.2, 0) is 76.5 Å². The molecular weight excluding hydrogens is 1440 g/mol. The summed E-state index contributed by atoms with van der Waals surface area (Å²) in [5.41, 5.74) is 11.7. The number of halogens is 12. The zero-order chi connectivity index (χ0) is 61.1. The molecule has 10 aromatic heterocycles. The smallest absolute Gasteiger partial charge is 0.457 e. The molecular formula is C50H52Cd2F12N12O10P2+4. The van der Waals surface area contributed by atoms with Gasteiger partial charge in [0.25, 0.3) is 0 Å². The molecule has 22 nitrogen and oxygen atoms in total. The van der Waals surface area contributed by atoms with Crippen LogP contribution in [0.4, 0.5) is 50.4 Å². The van der Waals surface area contributed by atoms with Crippen LogP contribution in [0.5, 0.6) is 0 Å². The summed E-state index contributed by atoms with van der Waals surface area (Å²) in [6, 6.07) is 39.6. The zero-order valence-corrected chi connectivity index (χ0v) is 54.9. The van der Waals surface area contributed by atoms with Crippen LogP contribution in [0.15, 0.2) is 245 Å². The minimum Gasteiger partial charge on any atom is -0.457 e. The summed E-state index contributed by atoms with van der Waals surface area (Å²) in [5, 5.41) is 29.5. The van der Waals surface area contributed by atoms with Crippen molar-refractivity contribution in [2.45, 2.75) is 0 Å². The molecule has 0 fully saturated rings. The van der Waals surface area contributed by atoms with Crippen LogP contribution in [0.25, 0.3) is 55.6 Å². The van der Waals surface area contributed by atoms with E-state index in [2.05, 4.69) is 49.8 Å². The number of hydrogen-bond donors (Lipinski definition) is 0. The van der Waals surface area contributed by atoms with E-state index in [4.69, 9.17) is 30.6 Å². The fraction of sp³-hybridized carbons (Fsp3) is 0. The number of nitrogens with zero attached hydrogens (tertiary/aromatic N) is 12. The van der Waals surface area contributed by atoms with Gasteiger partial charge in [0.05, 0.1) is 10.2 Å². The monoisotopic (exact) mass is 1500 g/mol. The van der Waals surface area contributed by atoms with Crippen LogP contribution in [0.2, 0.25) is 0 Å². The van der Waals surface area contributed by atoms with E-state index < -0.39 is 25.8 Å². The Bertz CT molecular complexity index is 2680. The van der Waals surface area contributed by atoms with E-state index in [0.29, 0.717) is 0 Å². The van der Waals surface area contributed by atoms with Gasteiger partial charge in [-0.3, -0.25) is 49.8 Å². The van der Waals surface area contributed by atoms with Crippen LogP contribution in [0.3, 0.4) is 0 Å². The largest absolute Gasteiger partial charge is 2.00 e. The molecule has 0 aliphatic carbocycles. The number of rotatable bonds is 5. The van der Waals surface area contributed by atoms with E-state index in [9.17, 15) is 50.4 Å². The van der Waals surface area contributed by atoms with E-state index in [1.165, 1.54) is 55.6 Å². The molecule has 38 heteroatoms. The van der Waals surface area contributed by atoms with Crippen molar-refractivity contribution in [3.63, 3.8) is 0 Å². The van der Waals surface area contributed by atoms with E-state index in [0.717, 1.165) is 0 Å². The van der Waals surface area contributed by atoms with Crippen molar-refractivity contribution in [3.8, 4) is 55.6 Å². The molecule has 0 aliphatic heterocycles. The Kier molecular flexibility index (Phi) is 41.1. The molecule has 12 N–H and O–H groups in total. The average Bonchev–Trinajstić information content (AvgIpc) is 1.15. The third-order valence-electron chi connectivity index (χ3n) is 8.47. The van der Waals surface area contributed by atoms with Crippen molar-refractivity contribution in [3.05, 3.63) is 276 Å². The topological polar surface area (TPSA) is 393 Å². The molecule has 10 rings (SSSR count). The van der Waals surface area contributed by atoms with Gasteiger partial charge >= 0.3 is 121 Å². The maximum absolute atomic E-state index is 10.7. The Morgan fingerprint density at radius 1 is 0.216 bits per heavy atom. The second-order valence-corrected chi connectivity index (χ2v) is 18.6. The van der Waals surface area contributed by atoms with Gasteiger partial charge < -0.3 is 52.5 Å². The first-order valence-electron chi connectivity index (χ1n) is 22.0. The predicted octanol–water partition coefficient (Wildman–Crippen LogP) is 13.3. The van der Waals surface area contributed by atoms with Crippen LogP contribution in [-0.4, -0.2) is 60.0 Å². The average molecular weight is 1500 g/mol. The van der Waals surface area contributed by atoms with Crippen molar-refractivity contribution in [2.24, 2.45) is 0 Å². The van der Waals surface area contributed by atoms with E-state index in [1.54, 1.807) is 124 Å². The Labute approximate surface area is 530 Å². The second kappa shape index (κ2) is 40.9. The normalized spacial score (nSPS) is 10.8. The summed E-state index contributed by atoms with van der Waals surface area (Å²) in [7, 11) is -21.3. The molecule has 10 heterocycles. The standard InChI is InChI=1S/5C10H8N2.2Cd.2F6P.2NO3.4H2O/c5*1-5-11-6-2-9(1)10-3-7-12-8-4-10;;;2*1-7(2,3,4,5)6;2*2-1(3)4;;;;/h5*1-8H;;;;;;;4*1H2/q;;;;;2*+2;4*-1;;;;/p+4. The van der Waals surface area contributed by atoms with Gasteiger partial charge in [0.1, 0.15) is 0 Å². The second-order valence-electron chi connectivity index (χ2n) is 14.7. The molecule has 10 aromatic rings. The third-order valence-corrected chi connectivity index (χ3v) is 8.47. The zero-order valence-electron chi connectivity index (χ0n) is 45.1. The molecule has 0 unspecified atom stereocenters. The SMILES string of the molecule is F[P-](F)(F)(F)(F)F.F[P-](F)(F)(F)(F)F.O=[N+]([O-])[O-].O=[N+]([O-])[O-].[Cd+2].[Cd+2].[OH3+].[OH3+].[OH3+].[OH3+].c1cc(-c2ccncc2)ccn1.c1cc(-c2ccncc2)ccn1.c1cc(-c2ccncc2)ccn1.c1cc(-c2ccncc2)ccn1.c1cc(-c2ccncc2)ccn1. The Hall–Kier alpha value is -8.40. The summed E-state index contributed by atoms with van der Waals surface area (Å²) in [5.74, 6) is 0. The van der Waals surface area contributed by atoms with Gasteiger partial charge in [-0.1, -0.05) is 0 Å². The molecule has 0 amide bonds. The Morgan fingerprint density at radius 3 is 0.307 bits per heavy atom. The third kappa shape index (κ3) is 54.3. The molecule has 0 saturated heterocycles. The maximum Gasteiger partial charge on any atom is 2.00 e. The van der Waals surface area contributed by atoms with Crippen molar-refractivity contribution < 1.29 is 137 Å². The van der Waals surface area contributed by atoms with E-state index in [-0.39, 0.29) is 76.5 Å². The van der Waals surface area contributed by atoms with Gasteiger partial charge in [0.15, 0.2) is 0 Å².